The van der Waals surface area contributed by atoms with Gasteiger partial charge in [0.15, 0.2) is 45.9 Å². The van der Waals surface area contributed by atoms with Gasteiger partial charge in [-0.2, -0.15) is 0 Å². The van der Waals surface area contributed by atoms with Crippen LogP contribution in [-0.2, 0) is 33.5 Å². The van der Waals surface area contributed by atoms with Crippen molar-refractivity contribution in [2.75, 3.05) is 0 Å². The zero-order chi connectivity index (χ0) is 35.0. The number of carbonyl (C=O) groups is 6. The van der Waals surface area contributed by atoms with Crippen molar-refractivity contribution < 1.29 is 59.0 Å². The number of ketones is 5. The van der Waals surface area contributed by atoms with E-state index in [-0.39, 0.29) is 22.6 Å². The number of esters is 1. The number of cyclic esters (lactones) is 1. The highest BCUT2D eigenvalue weighted by atomic mass is 16.5. The minimum absolute atomic E-state index is 0.157. The Morgan fingerprint density at radius 3 is 2.11 bits per heavy atom. The molecule has 0 aromatic heterocycles. The Bertz CT molecular complexity index is 1800. The van der Waals surface area contributed by atoms with Crippen molar-refractivity contribution >= 4 is 41.0 Å². The number of Topliss-reactive ketones (excluding diaryl/α,β-unsaturated/α-hetero) is 4. The fraction of sp³-hybridized carbons (Fsp3) is 0.314. The number of hydrogen-bond acceptors (Lipinski definition) is 12. The number of rotatable bonds is 10. The zero-order valence-electron chi connectivity index (χ0n) is 26.0. The zero-order valence-corrected chi connectivity index (χ0v) is 26.0. The van der Waals surface area contributed by atoms with Crippen molar-refractivity contribution in [3.05, 3.63) is 76.6 Å². The van der Waals surface area contributed by atoms with Gasteiger partial charge in [-0.1, -0.05) is 44.1 Å². The van der Waals surface area contributed by atoms with E-state index in [0.29, 0.717) is 0 Å². The molecule has 1 aliphatic heterocycles. The Hall–Kier alpha value is -5.36. The number of carbonyl (C=O) groups excluding carboxylic acids is 6. The molecular weight excluding hydrogens is 612 g/mol. The average molecular weight is 647 g/mol. The highest BCUT2D eigenvalue weighted by molar-refractivity contribution is 6.48. The van der Waals surface area contributed by atoms with Crippen LogP contribution in [0.3, 0.4) is 0 Å². The number of aliphatic hydroxyl groups is 1. The van der Waals surface area contributed by atoms with E-state index in [1.807, 2.05) is 19.9 Å². The molecule has 0 bridgehead atoms. The second-order valence-electron chi connectivity index (χ2n) is 11.8. The predicted octanol–water partition coefficient (Wildman–Crippen LogP) is 3.44. The van der Waals surface area contributed by atoms with Crippen molar-refractivity contribution in [3.63, 3.8) is 0 Å². The van der Waals surface area contributed by atoms with Gasteiger partial charge in [0, 0.05) is 18.3 Å². The molecule has 2 aromatic carbocycles. The van der Waals surface area contributed by atoms with Gasteiger partial charge in [-0.25, -0.2) is 0 Å². The normalized spacial score (nSPS) is 24.7. The third-order valence-corrected chi connectivity index (χ3v) is 8.52. The first kappa shape index (κ1) is 34.5. The first-order chi connectivity index (χ1) is 22.0. The van der Waals surface area contributed by atoms with E-state index in [1.165, 1.54) is 18.2 Å². The van der Waals surface area contributed by atoms with Gasteiger partial charge in [-0.05, 0) is 72.9 Å². The lowest BCUT2D eigenvalue weighted by atomic mass is 9.73. The molecule has 47 heavy (non-hydrogen) atoms. The number of allylic oxidation sites excluding steroid dienone is 5. The third kappa shape index (κ3) is 6.50. The molecule has 0 amide bonds. The Labute approximate surface area is 269 Å². The van der Waals surface area contributed by atoms with Crippen molar-refractivity contribution in [1.82, 2.24) is 0 Å². The number of aromatic hydroxyl groups is 4. The summed E-state index contributed by atoms with van der Waals surface area (Å²) in [6, 6.07) is 5.18. The Morgan fingerprint density at radius 1 is 0.894 bits per heavy atom. The van der Waals surface area contributed by atoms with E-state index >= 15 is 0 Å². The van der Waals surface area contributed by atoms with Gasteiger partial charge in [0.2, 0.25) is 17.3 Å². The van der Waals surface area contributed by atoms with Gasteiger partial charge in [-0.3, -0.25) is 28.8 Å². The molecule has 1 saturated carbocycles. The molecule has 2 fully saturated rings. The van der Waals surface area contributed by atoms with Crippen LogP contribution >= 0.6 is 0 Å². The standard InChI is InChI=1S/C35H34O12/c1-5-16(2)10-17(3)6-8-20(37)13-23-30(35(46,18(4)36)33(44)31(23)42)22-15-27(41)26(40)14-21(22)29-32(43)28(47-34(29)45)12-19-7-9-24(38)25(39)11-19/h6-12,14-16,23,29-30,38-41,46H,5,13H2,1-4H3. The molecular formula is C35H34O12. The maximum Gasteiger partial charge on any atom is 0.327 e. The van der Waals surface area contributed by atoms with Crippen LogP contribution in [0, 0.1) is 11.8 Å². The summed E-state index contributed by atoms with van der Waals surface area (Å²) < 4.78 is 5.18. The first-order valence-electron chi connectivity index (χ1n) is 14.8. The van der Waals surface area contributed by atoms with E-state index < -0.39 is 93.4 Å². The van der Waals surface area contributed by atoms with E-state index in [2.05, 4.69) is 0 Å². The topological polar surface area (TPSA) is 213 Å². The molecule has 1 heterocycles. The minimum Gasteiger partial charge on any atom is -0.504 e. The molecule has 12 heteroatoms. The van der Waals surface area contributed by atoms with Crippen molar-refractivity contribution in [1.29, 1.82) is 0 Å². The molecule has 12 nitrogen and oxygen atoms in total. The van der Waals surface area contributed by atoms with E-state index in [0.717, 1.165) is 49.3 Å². The molecule has 5 atom stereocenters. The summed E-state index contributed by atoms with van der Waals surface area (Å²) in [6.07, 6.45) is 5.95. The number of benzene rings is 2. The van der Waals surface area contributed by atoms with Gasteiger partial charge in [0.1, 0.15) is 5.92 Å². The van der Waals surface area contributed by atoms with Gasteiger partial charge in [0.05, 0.1) is 0 Å². The summed E-state index contributed by atoms with van der Waals surface area (Å²) in [5.74, 6) is -14.9. The van der Waals surface area contributed by atoms with Gasteiger partial charge in [0.25, 0.3) is 0 Å². The van der Waals surface area contributed by atoms with Crippen molar-refractivity contribution in [3.8, 4) is 23.0 Å². The van der Waals surface area contributed by atoms with Gasteiger partial charge < -0.3 is 30.3 Å². The molecule has 246 valence electrons. The van der Waals surface area contributed by atoms with Crippen LogP contribution in [0.5, 0.6) is 23.0 Å². The van der Waals surface area contributed by atoms with Crippen molar-refractivity contribution in [2.24, 2.45) is 11.8 Å². The largest absolute Gasteiger partial charge is 0.504 e. The third-order valence-electron chi connectivity index (χ3n) is 8.52. The van der Waals surface area contributed by atoms with Crippen LogP contribution < -0.4 is 0 Å². The molecule has 2 aromatic rings. The van der Waals surface area contributed by atoms with E-state index in [4.69, 9.17) is 4.74 Å². The van der Waals surface area contributed by atoms with Crippen LogP contribution in [0.4, 0.5) is 0 Å². The van der Waals surface area contributed by atoms with Gasteiger partial charge >= 0.3 is 5.97 Å². The maximum atomic E-state index is 13.6. The quantitative estimate of drug-likeness (QED) is 0.0627. The van der Waals surface area contributed by atoms with Crippen LogP contribution in [0.25, 0.3) is 6.08 Å². The molecule has 5 N–H and O–H groups in total. The SMILES string of the molecule is CCC(C)C=C(C)C=CC(=O)CC1C(=O)C(=O)C(O)(C(C)=O)C1c1cc(O)c(O)cc1C1C(=O)OC(=Cc2ccc(O)c(O)c2)C1=O. The molecule has 5 unspecified atom stereocenters. The summed E-state index contributed by atoms with van der Waals surface area (Å²) in [4.78, 5) is 79.2. The van der Waals surface area contributed by atoms with E-state index in [1.54, 1.807) is 6.92 Å². The van der Waals surface area contributed by atoms with Crippen LogP contribution in [0.2, 0.25) is 0 Å². The van der Waals surface area contributed by atoms with Crippen LogP contribution in [0.15, 0.2) is 59.9 Å². The second-order valence-corrected chi connectivity index (χ2v) is 11.8. The van der Waals surface area contributed by atoms with Crippen molar-refractivity contribution in [2.45, 2.75) is 58.0 Å². The fourth-order valence-electron chi connectivity index (χ4n) is 5.85. The molecule has 1 aliphatic carbocycles. The average Bonchev–Trinajstić information content (AvgIpc) is 3.39. The fourth-order valence-corrected chi connectivity index (χ4v) is 5.85. The van der Waals surface area contributed by atoms with Crippen LogP contribution in [0.1, 0.15) is 69.1 Å². The summed E-state index contributed by atoms with van der Waals surface area (Å²) >= 11 is 0. The molecule has 4 rings (SSSR count). The monoisotopic (exact) mass is 646 g/mol. The maximum absolute atomic E-state index is 13.6. The first-order valence-corrected chi connectivity index (χ1v) is 14.8. The highest BCUT2D eigenvalue weighted by Gasteiger charge is 2.64. The minimum atomic E-state index is -3.04. The Morgan fingerprint density at radius 2 is 1.51 bits per heavy atom. The number of ether oxygens (including phenoxy) is 1. The smallest absolute Gasteiger partial charge is 0.327 e. The molecule has 0 spiro atoms. The van der Waals surface area contributed by atoms with E-state index in [9.17, 15) is 54.3 Å². The summed E-state index contributed by atoms with van der Waals surface area (Å²) in [6.45, 7) is 6.61. The summed E-state index contributed by atoms with van der Waals surface area (Å²) in [5.41, 5.74) is -2.90. The molecule has 1 saturated heterocycles. The Kier molecular flexibility index (Phi) is 9.67. The number of hydrogen-bond donors (Lipinski definition) is 5. The highest BCUT2D eigenvalue weighted by Crippen LogP contribution is 2.50. The molecule has 0 radical (unpaired) electrons. The summed E-state index contributed by atoms with van der Waals surface area (Å²) in [5, 5.41) is 51.8. The van der Waals surface area contributed by atoms with Crippen LogP contribution in [-0.4, -0.2) is 66.0 Å². The van der Waals surface area contributed by atoms with Gasteiger partial charge in [-0.15, -0.1) is 0 Å². The lowest BCUT2D eigenvalue weighted by Crippen LogP contribution is -2.47. The lowest BCUT2D eigenvalue weighted by Gasteiger charge is -2.30. The summed E-state index contributed by atoms with van der Waals surface area (Å²) in [7, 11) is 0. The lowest BCUT2D eigenvalue weighted by molar-refractivity contribution is -0.151. The second kappa shape index (κ2) is 13.2. The Balaban J connectivity index is 1.83. The number of phenols is 4. The predicted molar refractivity (Wildman–Crippen MR) is 165 cm³/mol. The molecule has 2 aliphatic rings. The number of phenolic OH excluding ortho intramolecular Hbond substituents is 4.